The molecule has 2 heteroatoms. The van der Waals surface area contributed by atoms with Crippen LogP contribution in [-0.2, 0) is 11.2 Å². The van der Waals surface area contributed by atoms with Crippen LogP contribution in [0.15, 0.2) is 24.3 Å². The summed E-state index contributed by atoms with van der Waals surface area (Å²) in [6.45, 7) is 3.04. The van der Waals surface area contributed by atoms with Crippen molar-refractivity contribution in [2.45, 2.75) is 63.6 Å². The molecule has 1 saturated heterocycles. The monoisotopic (exact) mass is 260 g/mol. The molecular formula is C17H24O2. The molecule has 0 bridgehead atoms. The van der Waals surface area contributed by atoms with Crippen LogP contribution in [-0.4, -0.2) is 18.3 Å². The number of ether oxygens (including phenoxy) is 2. The highest BCUT2D eigenvalue weighted by atomic mass is 16.5. The van der Waals surface area contributed by atoms with Crippen LogP contribution in [0.4, 0.5) is 0 Å². The Bertz CT molecular complexity index is 404. The molecule has 1 spiro atoms. The van der Waals surface area contributed by atoms with Crippen LogP contribution >= 0.6 is 0 Å². The van der Waals surface area contributed by atoms with Gasteiger partial charge in [-0.25, -0.2) is 0 Å². The van der Waals surface area contributed by atoms with Gasteiger partial charge in [0, 0.05) is 12.8 Å². The number of aryl methyl sites for hydroxylation is 1. The van der Waals surface area contributed by atoms with E-state index in [1.54, 1.807) is 0 Å². The van der Waals surface area contributed by atoms with Crippen LogP contribution in [0.3, 0.4) is 0 Å². The predicted octanol–water partition coefficient (Wildman–Crippen LogP) is 4.12. The number of rotatable bonds is 3. The first kappa shape index (κ1) is 13.0. The lowest BCUT2D eigenvalue weighted by atomic mass is 9.90. The molecule has 19 heavy (non-hydrogen) atoms. The molecule has 2 aliphatic rings. The molecule has 1 aromatic carbocycles. The first-order valence-electron chi connectivity index (χ1n) is 7.69. The second-order valence-electron chi connectivity index (χ2n) is 5.97. The highest BCUT2D eigenvalue weighted by Gasteiger charge is 2.40. The van der Waals surface area contributed by atoms with Gasteiger partial charge in [0.15, 0.2) is 0 Å². The summed E-state index contributed by atoms with van der Waals surface area (Å²) in [6, 6.07) is 8.55. The van der Waals surface area contributed by atoms with E-state index >= 15 is 0 Å². The van der Waals surface area contributed by atoms with Gasteiger partial charge in [0.05, 0.1) is 12.2 Å². The molecule has 0 amide bonds. The molecule has 0 radical (unpaired) electrons. The zero-order chi connectivity index (χ0) is 13.1. The van der Waals surface area contributed by atoms with Crippen molar-refractivity contribution < 1.29 is 9.47 Å². The van der Waals surface area contributed by atoms with Gasteiger partial charge in [-0.05, 0) is 37.0 Å². The van der Waals surface area contributed by atoms with E-state index in [1.165, 1.54) is 31.2 Å². The fourth-order valence-electron chi connectivity index (χ4n) is 3.45. The van der Waals surface area contributed by atoms with Crippen molar-refractivity contribution in [2.24, 2.45) is 0 Å². The third-order valence-electron chi connectivity index (χ3n) is 4.60. The Labute approximate surface area is 116 Å². The van der Waals surface area contributed by atoms with Crippen LogP contribution < -0.4 is 4.74 Å². The van der Waals surface area contributed by atoms with E-state index in [2.05, 4.69) is 31.2 Å². The van der Waals surface area contributed by atoms with Crippen LogP contribution in [0.1, 0.15) is 51.0 Å². The summed E-state index contributed by atoms with van der Waals surface area (Å²) < 4.78 is 12.2. The van der Waals surface area contributed by atoms with Crippen molar-refractivity contribution in [3.8, 4) is 5.75 Å². The molecule has 2 nitrogen and oxygen atoms in total. The number of hydrogen-bond acceptors (Lipinski definition) is 2. The van der Waals surface area contributed by atoms with Crippen LogP contribution in [0.2, 0.25) is 0 Å². The van der Waals surface area contributed by atoms with Crippen molar-refractivity contribution >= 4 is 0 Å². The smallest absolute Gasteiger partial charge is 0.119 e. The summed E-state index contributed by atoms with van der Waals surface area (Å²) in [5.74, 6) is 1.01. The number of hydrogen-bond donors (Lipinski definition) is 0. The van der Waals surface area contributed by atoms with Gasteiger partial charge in [0.1, 0.15) is 11.9 Å². The van der Waals surface area contributed by atoms with Gasteiger partial charge >= 0.3 is 0 Å². The quantitative estimate of drug-likeness (QED) is 0.814. The van der Waals surface area contributed by atoms with Gasteiger partial charge in [-0.1, -0.05) is 31.9 Å². The van der Waals surface area contributed by atoms with Crippen molar-refractivity contribution in [1.29, 1.82) is 0 Å². The minimum absolute atomic E-state index is 0.145. The predicted molar refractivity (Wildman–Crippen MR) is 76.6 cm³/mol. The Hall–Kier alpha value is -1.02. The summed E-state index contributed by atoms with van der Waals surface area (Å²) in [7, 11) is 0. The lowest BCUT2D eigenvalue weighted by molar-refractivity contribution is -0.108. The summed E-state index contributed by atoms with van der Waals surface area (Å²) >= 11 is 0. The van der Waals surface area contributed by atoms with Gasteiger partial charge in [0.2, 0.25) is 0 Å². The molecule has 1 saturated carbocycles. The van der Waals surface area contributed by atoms with E-state index in [0.717, 1.165) is 31.6 Å². The Morgan fingerprint density at radius 1 is 1.21 bits per heavy atom. The molecule has 0 aromatic heterocycles. The van der Waals surface area contributed by atoms with Crippen molar-refractivity contribution in [3.63, 3.8) is 0 Å². The van der Waals surface area contributed by atoms with Crippen LogP contribution in [0.25, 0.3) is 0 Å². The SMILES string of the molecule is CCc1ccc(OC2CCOC3(CCCC3)C2)cc1. The minimum atomic E-state index is 0.145. The molecule has 0 N–H and O–H groups in total. The second-order valence-corrected chi connectivity index (χ2v) is 5.97. The molecule has 1 unspecified atom stereocenters. The topological polar surface area (TPSA) is 18.5 Å². The van der Waals surface area contributed by atoms with Crippen molar-refractivity contribution in [1.82, 2.24) is 0 Å². The Morgan fingerprint density at radius 2 is 1.95 bits per heavy atom. The minimum Gasteiger partial charge on any atom is -0.490 e. The van der Waals surface area contributed by atoms with E-state index in [9.17, 15) is 0 Å². The molecule has 1 heterocycles. The highest BCUT2D eigenvalue weighted by molar-refractivity contribution is 5.27. The van der Waals surface area contributed by atoms with Gasteiger partial charge < -0.3 is 9.47 Å². The molecule has 1 aliphatic heterocycles. The molecule has 3 rings (SSSR count). The summed E-state index contributed by atoms with van der Waals surface area (Å²) in [6.07, 6.45) is 8.60. The average Bonchev–Trinajstić information content (AvgIpc) is 2.88. The maximum absolute atomic E-state index is 6.16. The van der Waals surface area contributed by atoms with Gasteiger partial charge in [-0.15, -0.1) is 0 Å². The molecule has 104 valence electrons. The summed E-state index contributed by atoms with van der Waals surface area (Å²) in [5.41, 5.74) is 1.51. The van der Waals surface area contributed by atoms with Crippen molar-refractivity contribution in [2.75, 3.05) is 6.61 Å². The standard InChI is InChI=1S/C17H24O2/c1-2-14-5-7-15(8-6-14)19-16-9-12-18-17(13-16)10-3-4-11-17/h5-8,16H,2-4,9-13H2,1H3. The van der Waals surface area contributed by atoms with Gasteiger partial charge in [-0.3, -0.25) is 0 Å². The van der Waals surface area contributed by atoms with Crippen LogP contribution in [0, 0.1) is 0 Å². The van der Waals surface area contributed by atoms with E-state index in [4.69, 9.17) is 9.47 Å². The van der Waals surface area contributed by atoms with Crippen molar-refractivity contribution in [3.05, 3.63) is 29.8 Å². The largest absolute Gasteiger partial charge is 0.490 e. The highest BCUT2D eigenvalue weighted by Crippen LogP contribution is 2.40. The van der Waals surface area contributed by atoms with Gasteiger partial charge in [-0.2, -0.15) is 0 Å². The molecule has 1 aliphatic carbocycles. The third-order valence-corrected chi connectivity index (χ3v) is 4.60. The third kappa shape index (κ3) is 2.94. The molecule has 1 aromatic rings. The first-order chi connectivity index (χ1) is 9.30. The lowest BCUT2D eigenvalue weighted by Crippen LogP contribution is -2.41. The van der Waals surface area contributed by atoms with E-state index in [0.29, 0.717) is 6.10 Å². The average molecular weight is 260 g/mol. The second kappa shape index (κ2) is 5.54. The zero-order valence-corrected chi connectivity index (χ0v) is 11.9. The summed E-state index contributed by atoms with van der Waals surface area (Å²) in [5, 5.41) is 0. The fraction of sp³-hybridized carbons (Fsp3) is 0.647. The Morgan fingerprint density at radius 3 is 2.63 bits per heavy atom. The van der Waals surface area contributed by atoms with E-state index < -0.39 is 0 Å². The zero-order valence-electron chi connectivity index (χ0n) is 11.9. The summed E-state index contributed by atoms with van der Waals surface area (Å²) in [4.78, 5) is 0. The maximum atomic E-state index is 6.16. The molecule has 2 fully saturated rings. The maximum Gasteiger partial charge on any atom is 0.119 e. The normalized spacial score (nSPS) is 25.6. The fourth-order valence-corrected chi connectivity index (χ4v) is 3.45. The number of benzene rings is 1. The van der Waals surface area contributed by atoms with Gasteiger partial charge in [0.25, 0.3) is 0 Å². The van der Waals surface area contributed by atoms with Crippen LogP contribution in [0.5, 0.6) is 5.75 Å². The Kier molecular flexibility index (Phi) is 3.79. The molecule has 1 atom stereocenters. The molecular weight excluding hydrogens is 236 g/mol. The lowest BCUT2D eigenvalue weighted by Gasteiger charge is -2.38. The first-order valence-corrected chi connectivity index (χ1v) is 7.69. The van der Waals surface area contributed by atoms with E-state index in [-0.39, 0.29) is 5.60 Å². The van der Waals surface area contributed by atoms with E-state index in [1.807, 2.05) is 0 Å². The Balaban J connectivity index is 1.62.